The van der Waals surface area contributed by atoms with Crippen molar-refractivity contribution in [3.63, 3.8) is 0 Å². The van der Waals surface area contributed by atoms with Crippen LogP contribution in [-0.2, 0) is 4.79 Å². The molecule has 1 heterocycles. The summed E-state index contributed by atoms with van der Waals surface area (Å²) in [5, 5.41) is 7.19. The van der Waals surface area contributed by atoms with Gasteiger partial charge >= 0.3 is 0 Å². The topological polar surface area (TPSA) is 41.1 Å². The molecule has 0 bridgehead atoms. The van der Waals surface area contributed by atoms with Gasteiger partial charge in [-0.3, -0.25) is 4.79 Å². The average molecular weight is 329 g/mol. The van der Waals surface area contributed by atoms with Gasteiger partial charge in [-0.05, 0) is 24.1 Å². The molecule has 0 aliphatic carbocycles. The van der Waals surface area contributed by atoms with Crippen LogP contribution in [0.25, 0.3) is 0 Å². The van der Waals surface area contributed by atoms with E-state index in [1.165, 1.54) is 0 Å². The molecule has 0 aromatic heterocycles. The maximum Gasteiger partial charge on any atom is 0.225 e. The van der Waals surface area contributed by atoms with Crippen LogP contribution < -0.4 is 10.6 Å². The maximum absolute atomic E-state index is 12.7. The Labute approximate surface area is 142 Å². The highest BCUT2D eigenvalue weighted by Gasteiger charge is 2.35. The normalized spacial score (nSPS) is 21.8. The van der Waals surface area contributed by atoms with Gasteiger partial charge in [0.05, 0.1) is 12.0 Å². The lowest BCUT2D eigenvalue weighted by Crippen LogP contribution is -2.36. The van der Waals surface area contributed by atoms with Crippen LogP contribution >= 0.6 is 11.6 Å². The zero-order valence-electron chi connectivity index (χ0n) is 13.1. The van der Waals surface area contributed by atoms with Crippen LogP contribution in [0.4, 0.5) is 0 Å². The third kappa shape index (κ3) is 3.57. The first-order valence-corrected chi connectivity index (χ1v) is 8.35. The summed E-state index contributed by atoms with van der Waals surface area (Å²) in [7, 11) is 0. The van der Waals surface area contributed by atoms with Crippen molar-refractivity contribution in [1.82, 2.24) is 10.6 Å². The molecule has 1 aliphatic rings. The molecule has 2 N–H and O–H groups in total. The molecule has 1 saturated heterocycles. The minimum Gasteiger partial charge on any atom is -0.349 e. The lowest BCUT2D eigenvalue weighted by molar-refractivity contribution is -0.125. The molecule has 0 saturated carbocycles. The van der Waals surface area contributed by atoms with Crippen molar-refractivity contribution in [2.75, 3.05) is 13.1 Å². The summed E-state index contributed by atoms with van der Waals surface area (Å²) < 4.78 is 0. The van der Waals surface area contributed by atoms with Gasteiger partial charge in [-0.15, -0.1) is 0 Å². The second-order valence-corrected chi connectivity index (χ2v) is 6.44. The van der Waals surface area contributed by atoms with Crippen molar-refractivity contribution in [3.05, 3.63) is 70.7 Å². The van der Waals surface area contributed by atoms with Crippen molar-refractivity contribution < 1.29 is 4.79 Å². The van der Waals surface area contributed by atoms with Gasteiger partial charge in [-0.2, -0.15) is 0 Å². The number of halogens is 1. The van der Waals surface area contributed by atoms with Crippen molar-refractivity contribution in [1.29, 1.82) is 0 Å². The molecule has 3 unspecified atom stereocenters. The number of hydrogen-bond acceptors (Lipinski definition) is 2. The summed E-state index contributed by atoms with van der Waals surface area (Å²) in [6.07, 6.45) is 0. The van der Waals surface area contributed by atoms with Gasteiger partial charge < -0.3 is 10.6 Å². The van der Waals surface area contributed by atoms with Crippen LogP contribution in [0.3, 0.4) is 0 Å². The van der Waals surface area contributed by atoms with Crippen molar-refractivity contribution in [2.45, 2.75) is 18.9 Å². The number of carbonyl (C=O) groups is 1. The fraction of sp³-hybridized carbons (Fsp3) is 0.316. The predicted molar refractivity (Wildman–Crippen MR) is 93.6 cm³/mol. The number of nitrogens with one attached hydrogen (secondary N) is 2. The van der Waals surface area contributed by atoms with E-state index in [2.05, 4.69) is 10.6 Å². The van der Waals surface area contributed by atoms with Crippen LogP contribution in [0.1, 0.15) is 30.0 Å². The van der Waals surface area contributed by atoms with E-state index in [4.69, 9.17) is 11.6 Å². The third-order valence-electron chi connectivity index (χ3n) is 4.51. The first-order valence-electron chi connectivity index (χ1n) is 7.97. The van der Waals surface area contributed by atoms with E-state index < -0.39 is 0 Å². The lowest BCUT2D eigenvalue weighted by atomic mass is 9.88. The number of hydrogen-bond donors (Lipinski definition) is 2. The molecule has 2 aromatic rings. The van der Waals surface area contributed by atoms with Crippen LogP contribution in [0, 0.1) is 5.92 Å². The van der Waals surface area contributed by atoms with Gasteiger partial charge in [0.25, 0.3) is 0 Å². The fourth-order valence-electron chi connectivity index (χ4n) is 3.20. The summed E-state index contributed by atoms with van der Waals surface area (Å²) in [4.78, 5) is 12.7. The predicted octanol–water partition coefficient (Wildman–Crippen LogP) is 3.52. The number of benzene rings is 2. The van der Waals surface area contributed by atoms with Crippen molar-refractivity contribution in [3.8, 4) is 0 Å². The Morgan fingerprint density at radius 3 is 2.57 bits per heavy atom. The molecule has 3 rings (SSSR count). The molecular weight excluding hydrogens is 308 g/mol. The Kier molecular flexibility index (Phi) is 4.99. The van der Waals surface area contributed by atoms with E-state index in [1.54, 1.807) is 0 Å². The van der Waals surface area contributed by atoms with Crippen LogP contribution in [0.2, 0.25) is 5.02 Å². The fourth-order valence-corrected chi connectivity index (χ4v) is 3.48. The highest BCUT2D eigenvalue weighted by atomic mass is 35.5. The Balaban J connectivity index is 1.73. The molecule has 1 fully saturated rings. The quantitative estimate of drug-likeness (QED) is 0.901. The summed E-state index contributed by atoms with van der Waals surface area (Å²) in [5.74, 6) is 0.101. The first kappa shape index (κ1) is 16.0. The van der Waals surface area contributed by atoms with Crippen LogP contribution in [-0.4, -0.2) is 19.0 Å². The second kappa shape index (κ2) is 7.16. The van der Waals surface area contributed by atoms with E-state index in [9.17, 15) is 4.79 Å². The molecule has 0 radical (unpaired) electrons. The van der Waals surface area contributed by atoms with Gasteiger partial charge in [-0.1, -0.05) is 60.1 Å². The van der Waals surface area contributed by atoms with Gasteiger partial charge in [0.15, 0.2) is 0 Å². The molecule has 2 aromatic carbocycles. The molecule has 3 atom stereocenters. The second-order valence-electron chi connectivity index (χ2n) is 6.03. The molecule has 120 valence electrons. The Bertz CT molecular complexity index is 674. The molecular formula is C19H21ClN2O. The SMILES string of the molecule is CC(NC(=O)C1CNCC1c1ccccc1Cl)c1ccccc1. The van der Waals surface area contributed by atoms with Crippen molar-refractivity contribution >= 4 is 17.5 Å². The van der Waals surface area contributed by atoms with E-state index in [-0.39, 0.29) is 23.8 Å². The van der Waals surface area contributed by atoms with E-state index in [0.717, 1.165) is 22.7 Å². The number of rotatable bonds is 4. The van der Waals surface area contributed by atoms with Crippen LogP contribution in [0.5, 0.6) is 0 Å². The zero-order chi connectivity index (χ0) is 16.2. The summed E-state index contributed by atoms with van der Waals surface area (Å²) in [6.45, 7) is 3.48. The van der Waals surface area contributed by atoms with E-state index in [0.29, 0.717) is 6.54 Å². The minimum absolute atomic E-state index is 0.00352. The minimum atomic E-state index is -0.0962. The smallest absolute Gasteiger partial charge is 0.225 e. The third-order valence-corrected chi connectivity index (χ3v) is 4.86. The summed E-state index contributed by atoms with van der Waals surface area (Å²) in [5.41, 5.74) is 2.16. The number of carbonyl (C=O) groups excluding carboxylic acids is 1. The lowest BCUT2D eigenvalue weighted by Gasteiger charge is -2.22. The van der Waals surface area contributed by atoms with Gasteiger partial charge in [0.2, 0.25) is 5.91 Å². The highest BCUT2D eigenvalue weighted by molar-refractivity contribution is 6.31. The molecule has 3 nitrogen and oxygen atoms in total. The molecule has 1 amide bonds. The highest BCUT2D eigenvalue weighted by Crippen LogP contribution is 2.33. The first-order chi connectivity index (χ1) is 11.2. The number of amides is 1. The Morgan fingerprint density at radius 2 is 1.83 bits per heavy atom. The average Bonchev–Trinajstić information content (AvgIpc) is 3.05. The van der Waals surface area contributed by atoms with Gasteiger partial charge in [-0.25, -0.2) is 0 Å². The molecule has 23 heavy (non-hydrogen) atoms. The maximum atomic E-state index is 12.7. The van der Waals surface area contributed by atoms with Gasteiger partial charge in [0, 0.05) is 24.0 Å². The summed E-state index contributed by atoms with van der Waals surface area (Å²) in [6, 6.07) is 17.8. The molecule has 1 aliphatic heterocycles. The Morgan fingerprint density at radius 1 is 1.13 bits per heavy atom. The monoisotopic (exact) mass is 328 g/mol. The van der Waals surface area contributed by atoms with Crippen LogP contribution in [0.15, 0.2) is 54.6 Å². The summed E-state index contributed by atoms with van der Waals surface area (Å²) >= 11 is 6.32. The van der Waals surface area contributed by atoms with Crippen molar-refractivity contribution in [2.24, 2.45) is 5.92 Å². The van der Waals surface area contributed by atoms with E-state index >= 15 is 0 Å². The zero-order valence-corrected chi connectivity index (χ0v) is 13.9. The standard InChI is InChI=1S/C19H21ClN2O/c1-13(14-7-3-2-4-8-14)22-19(23)17-12-21-11-16(17)15-9-5-6-10-18(15)20/h2-10,13,16-17,21H,11-12H2,1H3,(H,22,23). The molecule has 4 heteroatoms. The van der Waals surface area contributed by atoms with E-state index in [1.807, 2.05) is 61.5 Å². The Hall–Kier alpha value is -1.84. The largest absolute Gasteiger partial charge is 0.349 e. The molecule has 0 spiro atoms. The van der Waals surface area contributed by atoms with Gasteiger partial charge in [0.1, 0.15) is 0 Å².